The third-order valence-electron chi connectivity index (χ3n) is 4.22. The van der Waals surface area contributed by atoms with Crippen molar-refractivity contribution in [1.29, 1.82) is 0 Å². The van der Waals surface area contributed by atoms with E-state index in [0.29, 0.717) is 0 Å². The quantitative estimate of drug-likeness (QED) is 0.898. The molecule has 1 aromatic carbocycles. The minimum absolute atomic E-state index is 0.139. The van der Waals surface area contributed by atoms with Gasteiger partial charge in [-0.25, -0.2) is 4.98 Å². The zero-order valence-electron chi connectivity index (χ0n) is 10.6. The minimum Gasteiger partial charge on any atom is -0.384 e. The Labute approximate surface area is 107 Å². The summed E-state index contributed by atoms with van der Waals surface area (Å²) in [6.07, 6.45) is 6.35. The van der Waals surface area contributed by atoms with E-state index >= 15 is 0 Å². The van der Waals surface area contributed by atoms with Crippen LogP contribution in [0.15, 0.2) is 42.7 Å². The number of aryl methyl sites for hydroxylation is 1. The highest BCUT2D eigenvalue weighted by atomic mass is 16.3. The van der Waals surface area contributed by atoms with Gasteiger partial charge in [0, 0.05) is 24.9 Å². The molecular weight excluding hydrogens is 224 g/mol. The lowest BCUT2D eigenvalue weighted by Gasteiger charge is -2.45. The molecule has 0 bridgehead atoms. The fraction of sp³-hybridized carbons (Fsp3) is 0.400. The number of hydrogen-bond acceptors (Lipinski definition) is 2. The summed E-state index contributed by atoms with van der Waals surface area (Å²) in [4.78, 5) is 4.30. The van der Waals surface area contributed by atoms with Gasteiger partial charge in [-0.05, 0) is 18.4 Å². The molecule has 1 heterocycles. The summed E-state index contributed by atoms with van der Waals surface area (Å²) in [6.45, 7) is 0. The van der Waals surface area contributed by atoms with Crippen molar-refractivity contribution in [3.63, 3.8) is 0 Å². The maximum atomic E-state index is 10.7. The van der Waals surface area contributed by atoms with Crippen LogP contribution in [0, 0.1) is 0 Å². The van der Waals surface area contributed by atoms with E-state index in [1.165, 1.54) is 12.0 Å². The van der Waals surface area contributed by atoms with Crippen molar-refractivity contribution in [3.8, 4) is 0 Å². The third-order valence-corrected chi connectivity index (χ3v) is 4.22. The minimum atomic E-state index is -0.520. The molecule has 1 aromatic heterocycles. The highest BCUT2D eigenvalue weighted by Gasteiger charge is 2.46. The van der Waals surface area contributed by atoms with Crippen molar-refractivity contribution < 1.29 is 5.11 Å². The molecule has 18 heavy (non-hydrogen) atoms. The number of benzene rings is 1. The lowest BCUT2D eigenvalue weighted by atomic mass is 9.61. The van der Waals surface area contributed by atoms with Crippen LogP contribution in [0.1, 0.15) is 36.8 Å². The van der Waals surface area contributed by atoms with Gasteiger partial charge in [0.05, 0.1) is 0 Å². The molecule has 1 N–H and O–H groups in total. The normalized spacial score (nSPS) is 19.2. The second-order valence-corrected chi connectivity index (χ2v) is 5.17. The molecule has 1 atom stereocenters. The molecule has 1 aliphatic rings. The Morgan fingerprint density at radius 2 is 2.00 bits per heavy atom. The summed E-state index contributed by atoms with van der Waals surface area (Å²) in [6, 6.07) is 10.3. The number of rotatable bonds is 3. The second kappa shape index (κ2) is 4.25. The monoisotopic (exact) mass is 242 g/mol. The average molecular weight is 242 g/mol. The highest BCUT2D eigenvalue weighted by Crippen LogP contribution is 2.51. The Kier molecular flexibility index (Phi) is 2.71. The molecule has 0 amide bonds. The Morgan fingerprint density at radius 1 is 1.28 bits per heavy atom. The summed E-state index contributed by atoms with van der Waals surface area (Å²) in [7, 11) is 1.93. The van der Waals surface area contributed by atoms with Gasteiger partial charge in [0.1, 0.15) is 11.9 Å². The molecule has 1 fully saturated rings. The predicted molar refractivity (Wildman–Crippen MR) is 70.1 cm³/mol. The molecule has 1 saturated carbocycles. The van der Waals surface area contributed by atoms with Gasteiger partial charge in [-0.1, -0.05) is 36.8 Å². The van der Waals surface area contributed by atoms with Crippen LogP contribution < -0.4 is 0 Å². The van der Waals surface area contributed by atoms with E-state index in [0.717, 1.165) is 18.7 Å². The van der Waals surface area contributed by atoms with Gasteiger partial charge in [0.25, 0.3) is 0 Å². The van der Waals surface area contributed by atoms with Crippen LogP contribution in [0.5, 0.6) is 0 Å². The highest BCUT2D eigenvalue weighted by molar-refractivity contribution is 5.31. The average Bonchev–Trinajstić information content (AvgIpc) is 2.75. The lowest BCUT2D eigenvalue weighted by molar-refractivity contribution is 0.0187. The maximum absolute atomic E-state index is 10.7. The molecule has 3 rings (SSSR count). The van der Waals surface area contributed by atoms with Crippen LogP contribution in [0.2, 0.25) is 0 Å². The largest absolute Gasteiger partial charge is 0.384 e. The van der Waals surface area contributed by atoms with Gasteiger partial charge in [0.2, 0.25) is 0 Å². The van der Waals surface area contributed by atoms with Gasteiger partial charge < -0.3 is 9.67 Å². The summed E-state index contributed by atoms with van der Waals surface area (Å²) < 4.78 is 1.91. The lowest BCUT2D eigenvalue weighted by Crippen LogP contribution is -2.41. The molecule has 2 aromatic rings. The predicted octanol–water partition coefficient (Wildman–Crippen LogP) is 2.58. The first-order chi connectivity index (χ1) is 8.74. The van der Waals surface area contributed by atoms with E-state index in [1.807, 2.05) is 36.0 Å². The molecule has 1 aliphatic carbocycles. The fourth-order valence-electron chi connectivity index (χ4n) is 2.94. The van der Waals surface area contributed by atoms with Crippen LogP contribution in [0.3, 0.4) is 0 Å². The number of aliphatic hydroxyl groups excluding tert-OH is 1. The smallest absolute Gasteiger partial charge is 0.138 e. The Bertz CT molecular complexity index is 528. The summed E-state index contributed by atoms with van der Waals surface area (Å²) in [5.74, 6) is 0.763. The zero-order valence-corrected chi connectivity index (χ0v) is 10.6. The number of aliphatic hydroxyl groups is 1. The third kappa shape index (κ3) is 1.58. The maximum Gasteiger partial charge on any atom is 0.138 e. The van der Waals surface area contributed by atoms with Crippen molar-refractivity contribution in [3.05, 3.63) is 54.1 Å². The molecular formula is C15H18N2O. The Balaban J connectivity index is 2.00. The van der Waals surface area contributed by atoms with Crippen LogP contribution in [-0.4, -0.2) is 14.7 Å². The number of imidazole rings is 1. The van der Waals surface area contributed by atoms with Gasteiger partial charge in [-0.2, -0.15) is 0 Å². The van der Waals surface area contributed by atoms with E-state index in [2.05, 4.69) is 17.1 Å². The van der Waals surface area contributed by atoms with Gasteiger partial charge in [0.15, 0.2) is 0 Å². The summed E-state index contributed by atoms with van der Waals surface area (Å²) >= 11 is 0. The van der Waals surface area contributed by atoms with Crippen molar-refractivity contribution >= 4 is 0 Å². The molecule has 3 nitrogen and oxygen atoms in total. The van der Waals surface area contributed by atoms with E-state index in [9.17, 15) is 5.11 Å². The number of aromatic nitrogens is 2. The first kappa shape index (κ1) is 11.5. The summed E-state index contributed by atoms with van der Waals surface area (Å²) in [5, 5.41) is 10.7. The van der Waals surface area contributed by atoms with Crippen molar-refractivity contribution in [2.24, 2.45) is 7.05 Å². The Morgan fingerprint density at radius 3 is 2.50 bits per heavy atom. The van der Waals surface area contributed by atoms with Gasteiger partial charge >= 0.3 is 0 Å². The van der Waals surface area contributed by atoms with E-state index in [1.54, 1.807) is 6.20 Å². The van der Waals surface area contributed by atoms with Crippen molar-refractivity contribution in [1.82, 2.24) is 9.55 Å². The summed E-state index contributed by atoms with van der Waals surface area (Å²) in [5.41, 5.74) is 1.09. The molecule has 0 aliphatic heterocycles. The van der Waals surface area contributed by atoms with Gasteiger partial charge in [-0.15, -0.1) is 0 Å². The zero-order chi connectivity index (χ0) is 12.6. The van der Waals surface area contributed by atoms with Crippen LogP contribution >= 0.6 is 0 Å². The number of hydrogen-bond donors (Lipinski definition) is 1. The topological polar surface area (TPSA) is 38.0 Å². The van der Waals surface area contributed by atoms with Crippen LogP contribution in [-0.2, 0) is 12.5 Å². The molecule has 0 saturated heterocycles. The standard InChI is InChI=1S/C15H18N2O/c1-17-11-10-16-14(17)13(18)15(8-5-9-15)12-6-3-2-4-7-12/h2-4,6-7,10-11,13,18H,5,8-9H2,1H3. The molecule has 0 spiro atoms. The van der Waals surface area contributed by atoms with Crippen LogP contribution in [0.25, 0.3) is 0 Å². The molecule has 1 unspecified atom stereocenters. The fourth-order valence-corrected chi connectivity index (χ4v) is 2.94. The van der Waals surface area contributed by atoms with Crippen molar-refractivity contribution in [2.75, 3.05) is 0 Å². The number of nitrogens with zero attached hydrogens (tertiary/aromatic N) is 2. The van der Waals surface area contributed by atoms with E-state index < -0.39 is 6.10 Å². The molecule has 0 radical (unpaired) electrons. The van der Waals surface area contributed by atoms with E-state index in [4.69, 9.17) is 0 Å². The second-order valence-electron chi connectivity index (χ2n) is 5.17. The van der Waals surface area contributed by atoms with Crippen LogP contribution in [0.4, 0.5) is 0 Å². The molecule has 3 heteroatoms. The van der Waals surface area contributed by atoms with E-state index in [-0.39, 0.29) is 5.41 Å². The first-order valence-corrected chi connectivity index (χ1v) is 6.45. The van der Waals surface area contributed by atoms with Crippen molar-refractivity contribution in [2.45, 2.75) is 30.8 Å². The Hall–Kier alpha value is -1.61. The SMILES string of the molecule is Cn1ccnc1C(O)C1(c2ccccc2)CCC1. The molecule has 94 valence electrons. The van der Waals surface area contributed by atoms with Gasteiger partial charge in [-0.3, -0.25) is 0 Å². The first-order valence-electron chi connectivity index (χ1n) is 6.45.